The highest BCUT2D eigenvalue weighted by Crippen LogP contribution is 2.33. The molecule has 0 saturated carbocycles. The Kier molecular flexibility index (Phi) is 5.36. The zero-order valence-electron chi connectivity index (χ0n) is 16.7. The highest BCUT2D eigenvalue weighted by molar-refractivity contribution is 6.00. The lowest BCUT2D eigenvalue weighted by molar-refractivity contribution is -0.137. The SMILES string of the molecule is CC(NC(=O)c1ccc2c(Oc3ccc(C(F)(F)F)cc3)cccc2c1)C1(O)CNC1. The molecule has 3 aromatic carbocycles. The molecule has 8 heteroatoms. The largest absolute Gasteiger partial charge is 0.457 e. The number of ether oxygens (including phenoxy) is 1. The van der Waals surface area contributed by atoms with Gasteiger partial charge in [0.25, 0.3) is 5.91 Å². The molecule has 0 aliphatic carbocycles. The summed E-state index contributed by atoms with van der Waals surface area (Å²) in [6.07, 6.45) is -4.41. The van der Waals surface area contributed by atoms with Gasteiger partial charge in [-0.25, -0.2) is 0 Å². The molecule has 0 aromatic heterocycles. The lowest BCUT2D eigenvalue weighted by atomic mass is 9.89. The van der Waals surface area contributed by atoms with E-state index in [9.17, 15) is 23.1 Å². The molecule has 0 spiro atoms. The third-order valence-electron chi connectivity index (χ3n) is 5.53. The van der Waals surface area contributed by atoms with Crippen LogP contribution in [-0.2, 0) is 6.18 Å². The zero-order chi connectivity index (χ0) is 22.2. The molecule has 1 heterocycles. The average molecular weight is 430 g/mol. The number of hydrogen-bond donors (Lipinski definition) is 3. The minimum atomic E-state index is -4.41. The summed E-state index contributed by atoms with van der Waals surface area (Å²) in [5.41, 5.74) is -1.26. The van der Waals surface area contributed by atoms with Gasteiger partial charge in [-0.3, -0.25) is 4.79 Å². The van der Waals surface area contributed by atoms with E-state index in [2.05, 4.69) is 10.6 Å². The van der Waals surface area contributed by atoms with Crippen molar-refractivity contribution in [1.82, 2.24) is 10.6 Å². The second-order valence-corrected chi connectivity index (χ2v) is 7.72. The molecule has 1 aliphatic rings. The van der Waals surface area contributed by atoms with Crippen LogP contribution in [0.1, 0.15) is 22.8 Å². The minimum Gasteiger partial charge on any atom is -0.457 e. The summed E-state index contributed by atoms with van der Waals surface area (Å²) < 4.78 is 44.0. The molecule has 3 N–H and O–H groups in total. The van der Waals surface area contributed by atoms with Crippen LogP contribution >= 0.6 is 0 Å². The Bertz CT molecular complexity index is 1110. The number of β-amino-alcohol motifs (C(OH)–C–C–N with tert-alkyl or cyclic N) is 1. The van der Waals surface area contributed by atoms with Crippen LogP contribution in [0.3, 0.4) is 0 Å². The fourth-order valence-electron chi connectivity index (χ4n) is 3.42. The van der Waals surface area contributed by atoms with Crippen molar-refractivity contribution in [3.05, 3.63) is 71.8 Å². The Balaban J connectivity index is 1.53. The second-order valence-electron chi connectivity index (χ2n) is 7.72. The summed E-state index contributed by atoms with van der Waals surface area (Å²) >= 11 is 0. The van der Waals surface area contributed by atoms with Gasteiger partial charge in [-0.1, -0.05) is 12.1 Å². The summed E-state index contributed by atoms with van der Waals surface area (Å²) in [4.78, 5) is 12.6. The van der Waals surface area contributed by atoms with Crippen LogP contribution in [-0.4, -0.2) is 35.7 Å². The van der Waals surface area contributed by atoms with Gasteiger partial charge in [0, 0.05) is 24.0 Å². The van der Waals surface area contributed by atoms with Crippen molar-refractivity contribution in [1.29, 1.82) is 0 Å². The van der Waals surface area contributed by atoms with Crippen molar-refractivity contribution in [2.24, 2.45) is 0 Å². The second kappa shape index (κ2) is 7.86. The molecule has 4 rings (SSSR count). The molecule has 1 unspecified atom stereocenters. The van der Waals surface area contributed by atoms with Crippen molar-refractivity contribution in [2.75, 3.05) is 13.1 Å². The Hall–Kier alpha value is -3.10. The fraction of sp³-hybridized carbons (Fsp3) is 0.261. The Morgan fingerprint density at radius 3 is 2.45 bits per heavy atom. The fourth-order valence-corrected chi connectivity index (χ4v) is 3.42. The number of hydrogen-bond acceptors (Lipinski definition) is 4. The molecule has 0 radical (unpaired) electrons. The number of aliphatic hydroxyl groups is 1. The maximum atomic E-state index is 12.7. The quantitative estimate of drug-likeness (QED) is 0.570. The van der Waals surface area contributed by atoms with Crippen molar-refractivity contribution in [2.45, 2.75) is 24.7 Å². The van der Waals surface area contributed by atoms with E-state index in [0.29, 0.717) is 29.8 Å². The van der Waals surface area contributed by atoms with Gasteiger partial charge in [0.05, 0.1) is 11.6 Å². The van der Waals surface area contributed by atoms with Gasteiger partial charge in [0.15, 0.2) is 0 Å². The number of carbonyl (C=O) groups excluding carboxylic acids is 1. The average Bonchev–Trinajstić information content (AvgIpc) is 2.71. The first-order valence-electron chi connectivity index (χ1n) is 9.78. The van der Waals surface area contributed by atoms with Crippen LogP contribution < -0.4 is 15.4 Å². The van der Waals surface area contributed by atoms with Crippen molar-refractivity contribution in [3.63, 3.8) is 0 Å². The maximum Gasteiger partial charge on any atom is 0.416 e. The molecule has 1 amide bonds. The van der Waals surface area contributed by atoms with Crippen LogP contribution in [0.15, 0.2) is 60.7 Å². The molecule has 1 fully saturated rings. The number of amides is 1. The van der Waals surface area contributed by atoms with Gasteiger partial charge in [-0.05, 0) is 60.8 Å². The van der Waals surface area contributed by atoms with Gasteiger partial charge in [0.1, 0.15) is 17.1 Å². The van der Waals surface area contributed by atoms with Crippen LogP contribution in [0.25, 0.3) is 10.8 Å². The number of carbonyl (C=O) groups is 1. The van der Waals surface area contributed by atoms with E-state index in [0.717, 1.165) is 17.5 Å². The van der Waals surface area contributed by atoms with E-state index >= 15 is 0 Å². The third kappa shape index (κ3) is 4.35. The summed E-state index contributed by atoms with van der Waals surface area (Å²) in [5, 5.41) is 17.6. The monoisotopic (exact) mass is 430 g/mol. The Morgan fingerprint density at radius 2 is 1.84 bits per heavy atom. The van der Waals surface area contributed by atoms with Gasteiger partial charge in [0.2, 0.25) is 0 Å². The molecule has 0 bridgehead atoms. The van der Waals surface area contributed by atoms with Gasteiger partial charge in [-0.15, -0.1) is 0 Å². The van der Waals surface area contributed by atoms with Crippen molar-refractivity contribution in [3.8, 4) is 11.5 Å². The summed E-state index contributed by atoms with van der Waals surface area (Å²) in [5.74, 6) is 0.440. The van der Waals surface area contributed by atoms with E-state index in [-0.39, 0.29) is 11.7 Å². The normalized spacial score (nSPS) is 16.4. The Morgan fingerprint density at radius 1 is 1.13 bits per heavy atom. The first-order valence-corrected chi connectivity index (χ1v) is 9.78. The smallest absolute Gasteiger partial charge is 0.416 e. The number of nitrogens with one attached hydrogen (secondary N) is 2. The maximum absolute atomic E-state index is 12.7. The van der Waals surface area contributed by atoms with Crippen LogP contribution in [0.2, 0.25) is 0 Å². The van der Waals surface area contributed by atoms with E-state index in [4.69, 9.17) is 4.74 Å². The predicted octanol–water partition coefficient (Wildman–Crippen LogP) is 4.10. The highest BCUT2D eigenvalue weighted by Gasteiger charge is 2.40. The van der Waals surface area contributed by atoms with Crippen molar-refractivity contribution >= 4 is 16.7 Å². The minimum absolute atomic E-state index is 0.276. The lowest BCUT2D eigenvalue weighted by Crippen LogP contribution is -2.68. The van der Waals surface area contributed by atoms with E-state index in [1.54, 1.807) is 37.3 Å². The van der Waals surface area contributed by atoms with E-state index in [1.807, 2.05) is 6.07 Å². The Labute approximate surface area is 176 Å². The summed E-state index contributed by atoms with van der Waals surface area (Å²) in [7, 11) is 0. The topological polar surface area (TPSA) is 70.6 Å². The zero-order valence-corrected chi connectivity index (χ0v) is 16.7. The number of rotatable bonds is 5. The summed E-state index contributed by atoms with van der Waals surface area (Å²) in [6, 6.07) is 14.4. The van der Waals surface area contributed by atoms with Crippen LogP contribution in [0.4, 0.5) is 13.2 Å². The molecule has 1 aliphatic heterocycles. The molecular weight excluding hydrogens is 409 g/mol. The first-order chi connectivity index (χ1) is 14.7. The number of benzene rings is 3. The molecule has 3 aromatic rings. The van der Waals surface area contributed by atoms with Crippen LogP contribution in [0, 0.1) is 0 Å². The summed E-state index contributed by atoms with van der Waals surface area (Å²) in [6.45, 7) is 2.61. The van der Waals surface area contributed by atoms with Crippen LogP contribution in [0.5, 0.6) is 11.5 Å². The molecule has 1 saturated heterocycles. The van der Waals surface area contributed by atoms with Gasteiger partial charge < -0.3 is 20.5 Å². The predicted molar refractivity (Wildman–Crippen MR) is 110 cm³/mol. The number of halogens is 3. The van der Waals surface area contributed by atoms with Gasteiger partial charge >= 0.3 is 6.18 Å². The molecule has 31 heavy (non-hydrogen) atoms. The standard InChI is InChI=1S/C23H21F3N2O3/c1-14(22(30)12-27-13-22)28-21(29)16-5-10-19-15(11-16)3-2-4-20(19)31-18-8-6-17(7-9-18)23(24,25)26/h2-11,14,27,30H,12-13H2,1H3,(H,28,29). The van der Waals surface area contributed by atoms with E-state index in [1.165, 1.54) is 12.1 Å². The number of fused-ring (bicyclic) bond motifs is 1. The van der Waals surface area contributed by atoms with Crippen molar-refractivity contribution < 1.29 is 27.8 Å². The molecule has 162 valence electrons. The van der Waals surface area contributed by atoms with Gasteiger partial charge in [-0.2, -0.15) is 13.2 Å². The lowest BCUT2D eigenvalue weighted by Gasteiger charge is -2.42. The first kappa shape index (κ1) is 21.1. The van der Waals surface area contributed by atoms with E-state index < -0.39 is 23.4 Å². The molecule has 1 atom stereocenters. The third-order valence-corrected chi connectivity index (χ3v) is 5.53. The molecule has 5 nitrogen and oxygen atoms in total. The highest BCUT2D eigenvalue weighted by atomic mass is 19.4. The number of alkyl halides is 3. The molecular formula is C23H21F3N2O3.